The lowest BCUT2D eigenvalue weighted by Crippen LogP contribution is -2.15. The highest BCUT2D eigenvalue weighted by Crippen LogP contribution is 2.67. The van der Waals surface area contributed by atoms with Crippen molar-refractivity contribution in [3.05, 3.63) is 81.9 Å². The average Bonchev–Trinajstić information content (AvgIpc) is 3.68. The number of hydrogen-bond acceptors (Lipinski definition) is 1. The fourth-order valence-corrected chi connectivity index (χ4v) is 5.07. The minimum atomic E-state index is -0.625. The number of aliphatic carboxylic acids is 1. The van der Waals surface area contributed by atoms with E-state index in [1.165, 1.54) is 46.2 Å². The van der Waals surface area contributed by atoms with Gasteiger partial charge in [0.1, 0.15) is 0 Å². The normalized spacial score (nSPS) is 23.7. The zero-order valence-electron chi connectivity index (χ0n) is 18.4. The predicted octanol–water partition coefficient (Wildman–Crippen LogP) is 6.81. The molecule has 3 aliphatic carbocycles. The molecule has 0 spiro atoms. The number of aryl methyl sites for hydroxylation is 1. The maximum Gasteiger partial charge on any atom is 0.310 e. The Hall–Kier alpha value is -2.61. The van der Waals surface area contributed by atoms with Gasteiger partial charge >= 0.3 is 5.97 Å². The van der Waals surface area contributed by atoms with E-state index in [2.05, 4.69) is 63.8 Å². The van der Waals surface area contributed by atoms with E-state index in [0.29, 0.717) is 6.42 Å². The lowest BCUT2D eigenvalue weighted by molar-refractivity contribution is -0.143. The SMILES string of the molecule is C=Cc1cc2c(c(C)c1/C=C(\C)C1CC1)C1CC1(C(=O)O)C2.CCc1ccccc1. The maximum absolute atomic E-state index is 11.6. The van der Waals surface area contributed by atoms with E-state index >= 15 is 0 Å². The van der Waals surface area contributed by atoms with Gasteiger partial charge in [0.25, 0.3) is 0 Å². The number of carboxylic acid groups (broad SMARTS) is 1. The molecule has 0 aliphatic heterocycles. The van der Waals surface area contributed by atoms with Crippen LogP contribution in [0.3, 0.4) is 0 Å². The van der Waals surface area contributed by atoms with Gasteiger partial charge in [-0.05, 0) is 85.3 Å². The predicted molar refractivity (Wildman–Crippen MR) is 125 cm³/mol. The fourth-order valence-electron chi connectivity index (χ4n) is 5.07. The van der Waals surface area contributed by atoms with Gasteiger partial charge in [-0.15, -0.1) is 0 Å². The van der Waals surface area contributed by atoms with Gasteiger partial charge in [0.2, 0.25) is 0 Å². The summed E-state index contributed by atoms with van der Waals surface area (Å²) in [6, 6.07) is 12.6. The highest BCUT2D eigenvalue weighted by atomic mass is 16.4. The van der Waals surface area contributed by atoms with Crippen LogP contribution in [0.1, 0.15) is 72.4 Å². The van der Waals surface area contributed by atoms with Crippen LogP contribution in [0.5, 0.6) is 0 Å². The van der Waals surface area contributed by atoms with Crippen LogP contribution in [0.2, 0.25) is 0 Å². The van der Waals surface area contributed by atoms with Crippen molar-refractivity contribution >= 4 is 18.1 Å². The van der Waals surface area contributed by atoms with E-state index in [9.17, 15) is 9.90 Å². The summed E-state index contributed by atoms with van der Waals surface area (Å²) in [5, 5.41) is 9.57. The summed E-state index contributed by atoms with van der Waals surface area (Å²) in [4.78, 5) is 11.6. The van der Waals surface area contributed by atoms with Gasteiger partial charge in [0.05, 0.1) is 5.41 Å². The molecular weight excluding hydrogens is 368 g/mol. The molecule has 2 atom stereocenters. The minimum Gasteiger partial charge on any atom is -0.481 e. The van der Waals surface area contributed by atoms with Crippen LogP contribution in [0.15, 0.2) is 48.6 Å². The third-order valence-corrected chi connectivity index (χ3v) is 7.21. The van der Waals surface area contributed by atoms with Crippen molar-refractivity contribution in [2.45, 2.75) is 58.8 Å². The van der Waals surface area contributed by atoms with Crippen LogP contribution in [-0.4, -0.2) is 11.1 Å². The van der Waals surface area contributed by atoms with Crippen LogP contribution in [0.25, 0.3) is 12.2 Å². The van der Waals surface area contributed by atoms with Gasteiger partial charge in [-0.1, -0.05) is 67.6 Å². The Balaban J connectivity index is 0.000000230. The zero-order chi connectivity index (χ0) is 21.5. The first kappa shape index (κ1) is 20.7. The third-order valence-electron chi connectivity index (χ3n) is 7.21. The van der Waals surface area contributed by atoms with Gasteiger partial charge in [-0.3, -0.25) is 4.79 Å². The van der Waals surface area contributed by atoms with E-state index in [4.69, 9.17) is 0 Å². The summed E-state index contributed by atoms with van der Waals surface area (Å²) in [6.07, 6.45) is 9.48. The number of hydrogen-bond donors (Lipinski definition) is 1. The van der Waals surface area contributed by atoms with E-state index in [-0.39, 0.29) is 5.92 Å². The van der Waals surface area contributed by atoms with Crippen LogP contribution in [-0.2, 0) is 17.6 Å². The van der Waals surface area contributed by atoms with Crippen molar-refractivity contribution in [2.75, 3.05) is 0 Å². The number of benzene rings is 2. The van der Waals surface area contributed by atoms with Crippen molar-refractivity contribution in [1.82, 2.24) is 0 Å². The zero-order valence-corrected chi connectivity index (χ0v) is 18.4. The lowest BCUT2D eigenvalue weighted by atomic mass is 9.90. The second kappa shape index (κ2) is 7.91. The van der Waals surface area contributed by atoms with Crippen LogP contribution >= 0.6 is 0 Å². The summed E-state index contributed by atoms with van der Waals surface area (Å²) < 4.78 is 0. The Labute approximate surface area is 180 Å². The molecule has 3 aliphatic rings. The lowest BCUT2D eigenvalue weighted by Gasteiger charge is -2.15. The number of allylic oxidation sites excluding steroid dienone is 1. The Morgan fingerprint density at radius 1 is 1.27 bits per heavy atom. The summed E-state index contributed by atoms with van der Waals surface area (Å²) in [5.41, 5.74) is 8.58. The molecule has 2 fully saturated rings. The van der Waals surface area contributed by atoms with E-state index in [1.807, 2.05) is 12.1 Å². The van der Waals surface area contributed by atoms with Crippen molar-refractivity contribution in [3.63, 3.8) is 0 Å². The number of carbonyl (C=O) groups is 1. The molecule has 0 aromatic heterocycles. The molecule has 0 bridgehead atoms. The molecule has 2 aromatic rings. The first-order chi connectivity index (χ1) is 14.4. The van der Waals surface area contributed by atoms with Crippen molar-refractivity contribution < 1.29 is 9.90 Å². The molecule has 2 unspecified atom stereocenters. The van der Waals surface area contributed by atoms with Crippen LogP contribution in [0.4, 0.5) is 0 Å². The number of rotatable bonds is 5. The molecule has 156 valence electrons. The molecule has 2 saturated carbocycles. The topological polar surface area (TPSA) is 37.3 Å². The Kier molecular flexibility index (Phi) is 5.44. The Morgan fingerprint density at radius 2 is 1.97 bits per heavy atom. The monoisotopic (exact) mass is 400 g/mol. The fraction of sp³-hybridized carbons (Fsp3) is 0.393. The second-order valence-corrected chi connectivity index (χ2v) is 9.18. The van der Waals surface area contributed by atoms with E-state index in [0.717, 1.165) is 24.3 Å². The summed E-state index contributed by atoms with van der Waals surface area (Å²) >= 11 is 0. The molecule has 0 saturated heterocycles. The standard InChI is InChI=1S/C20H22O2.C8H10/c1-4-13-8-15-9-20(19(21)22)10-17(20)18(15)12(3)16(13)7-11(2)14-5-6-14;1-2-8-6-4-3-5-7-8/h4,7-8,14,17H,1,5-6,9-10H2,2-3H3,(H,21,22);3-7H,2H2,1H3/b11-7+;. The van der Waals surface area contributed by atoms with Crippen LogP contribution < -0.4 is 0 Å². The molecule has 0 radical (unpaired) electrons. The molecule has 30 heavy (non-hydrogen) atoms. The quantitative estimate of drug-likeness (QED) is 0.598. The van der Waals surface area contributed by atoms with Gasteiger partial charge in [-0.25, -0.2) is 0 Å². The maximum atomic E-state index is 11.6. The highest BCUT2D eigenvalue weighted by Gasteiger charge is 2.65. The molecule has 1 N–H and O–H groups in total. The summed E-state index contributed by atoms with van der Waals surface area (Å²) in [5.74, 6) is 0.358. The Bertz CT molecular complexity index is 1010. The minimum absolute atomic E-state index is 0.229. The third kappa shape index (κ3) is 3.64. The molecule has 2 nitrogen and oxygen atoms in total. The molecule has 5 rings (SSSR count). The van der Waals surface area contributed by atoms with Gasteiger partial charge in [-0.2, -0.15) is 0 Å². The molecule has 2 heteroatoms. The molecule has 2 aromatic carbocycles. The van der Waals surface area contributed by atoms with Gasteiger partial charge in [0, 0.05) is 5.92 Å². The number of fused-ring (bicyclic) bond motifs is 3. The van der Waals surface area contributed by atoms with E-state index in [1.54, 1.807) is 0 Å². The summed E-state index contributed by atoms with van der Waals surface area (Å²) in [7, 11) is 0. The van der Waals surface area contributed by atoms with Gasteiger partial charge in [0.15, 0.2) is 0 Å². The second-order valence-electron chi connectivity index (χ2n) is 9.18. The van der Waals surface area contributed by atoms with E-state index < -0.39 is 11.4 Å². The van der Waals surface area contributed by atoms with Gasteiger partial charge < -0.3 is 5.11 Å². The first-order valence-electron chi connectivity index (χ1n) is 11.2. The number of carboxylic acids is 1. The van der Waals surface area contributed by atoms with Crippen LogP contribution in [0, 0.1) is 18.3 Å². The average molecular weight is 401 g/mol. The molecular formula is C28H32O2. The Morgan fingerprint density at radius 3 is 2.50 bits per heavy atom. The largest absolute Gasteiger partial charge is 0.481 e. The smallest absolute Gasteiger partial charge is 0.310 e. The van der Waals surface area contributed by atoms with Crippen molar-refractivity contribution in [2.24, 2.45) is 11.3 Å². The van der Waals surface area contributed by atoms with Crippen molar-refractivity contribution in [3.8, 4) is 0 Å². The molecule has 0 amide bonds. The van der Waals surface area contributed by atoms with Crippen molar-refractivity contribution in [1.29, 1.82) is 0 Å². The molecule has 0 heterocycles. The first-order valence-corrected chi connectivity index (χ1v) is 11.2. The summed E-state index contributed by atoms with van der Waals surface area (Å²) in [6.45, 7) is 10.5. The highest BCUT2D eigenvalue weighted by molar-refractivity contribution is 5.85.